The quantitative estimate of drug-likeness (QED) is 0.704. The van der Waals surface area contributed by atoms with Crippen molar-refractivity contribution in [3.05, 3.63) is 82.6 Å². The summed E-state index contributed by atoms with van der Waals surface area (Å²) in [5, 5.41) is 1.96. The molecule has 4 nitrogen and oxygen atoms in total. The van der Waals surface area contributed by atoms with Crippen LogP contribution in [0.15, 0.2) is 60.7 Å². The Morgan fingerprint density at radius 3 is 2.44 bits per heavy atom. The number of hydrogen-bond acceptors (Lipinski definition) is 2. The number of carbonyl (C=O) groups is 2. The molecule has 0 aliphatic heterocycles. The summed E-state index contributed by atoms with van der Waals surface area (Å²) in [6.45, 7) is 0. The van der Waals surface area contributed by atoms with E-state index in [1.54, 1.807) is 0 Å². The Bertz CT molecular complexity index is 934. The molecule has 3 aromatic carbocycles. The van der Waals surface area contributed by atoms with Crippen LogP contribution in [0.3, 0.4) is 0 Å². The van der Waals surface area contributed by atoms with Gasteiger partial charge in [0.05, 0.1) is 17.0 Å². The van der Waals surface area contributed by atoms with Crippen molar-refractivity contribution in [1.29, 1.82) is 0 Å². The van der Waals surface area contributed by atoms with Crippen LogP contribution in [0.5, 0.6) is 0 Å². The number of hydrazine groups is 1. The number of carbonyl (C=O) groups excluding carboxylic acids is 2. The van der Waals surface area contributed by atoms with E-state index in [1.165, 1.54) is 12.1 Å². The molecule has 6 heteroatoms. The highest BCUT2D eigenvalue weighted by Gasteiger charge is 2.16. The minimum Gasteiger partial charge on any atom is -0.273 e. The molecule has 25 heavy (non-hydrogen) atoms. The van der Waals surface area contributed by atoms with Crippen LogP contribution in [0.1, 0.15) is 15.9 Å². The number of halogens is 2. The maximum atomic E-state index is 13.7. The summed E-state index contributed by atoms with van der Waals surface area (Å²) in [6.07, 6.45) is 0.0760. The number of nitrogens with one attached hydrogen (secondary N) is 2. The summed E-state index contributed by atoms with van der Waals surface area (Å²) in [4.78, 5) is 24.1. The average Bonchev–Trinajstić information content (AvgIpc) is 2.60. The molecule has 3 aromatic rings. The van der Waals surface area contributed by atoms with Gasteiger partial charge in [0.15, 0.2) is 0 Å². The Hall–Kier alpha value is -2.92. The molecule has 0 fully saturated rings. The highest BCUT2D eigenvalue weighted by atomic mass is 35.5. The van der Waals surface area contributed by atoms with Crippen molar-refractivity contribution in [1.82, 2.24) is 10.9 Å². The van der Waals surface area contributed by atoms with Crippen LogP contribution >= 0.6 is 11.6 Å². The standard InChI is InChI=1S/C19H14ClFN2O2/c20-15-9-4-10-16(21)18(15)19(25)23-22-17(24)11-13-7-3-6-12-5-1-2-8-14(12)13/h1-10H,11H2,(H,22,24)(H,23,25). The Labute approximate surface area is 148 Å². The zero-order chi connectivity index (χ0) is 17.8. The Balaban J connectivity index is 1.68. The lowest BCUT2D eigenvalue weighted by Gasteiger charge is -2.10. The van der Waals surface area contributed by atoms with Crippen LogP contribution in [0.25, 0.3) is 10.8 Å². The summed E-state index contributed by atoms with van der Waals surface area (Å²) in [6, 6.07) is 17.3. The van der Waals surface area contributed by atoms with Gasteiger partial charge >= 0.3 is 0 Å². The molecule has 0 aromatic heterocycles. The van der Waals surface area contributed by atoms with Gasteiger partial charge in [-0.05, 0) is 28.5 Å². The summed E-state index contributed by atoms with van der Waals surface area (Å²) in [5.41, 5.74) is 4.99. The van der Waals surface area contributed by atoms with E-state index in [0.717, 1.165) is 22.4 Å². The van der Waals surface area contributed by atoms with Crippen molar-refractivity contribution >= 4 is 34.2 Å². The van der Waals surface area contributed by atoms with Crippen molar-refractivity contribution in [3.8, 4) is 0 Å². The van der Waals surface area contributed by atoms with Crippen molar-refractivity contribution in [2.45, 2.75) is 6.42 Å². The van der Waals surface area contributed by atoms with E-state index in [0.29, 0.717) is 0 Å². The highest BCUT2D eigenvalue weighted by molar-refractivity contribution is 6.33. The van der Waals surface area contributed by atoms with E-state index in [9.17, 15) is 14.0 Å². The fourth-order valence-electron chi connectivity index (χ4n) is 2.57. The summed E-state index contributed by atoms with van der Waals surface area (Å²) in [5.74, 6) is -1.99. The second kappa shape index (κ2) is 7.32. The molecule has 0 saturated heterocycles. The summed E-state index contributed by atoms with van der Waals surface area (Å²) >= 11 is 5.82. The fourth-order valence-corrected chi connectivity index (χ4v) is 2.82. The Kier molecular flexibility index (Phi) is 4.95. The normalized spacial score (nSPS) is 10.5. The van der Waals surface area contributed by atoms with Gasteiger partial charge in [0, 0.05) is 0 Å². The van der Waals surface area contributed by atoms with Gasteiger partial charge in [0.1, 0.15) is 5.82 Å². The van der Waals surface area contributed by atoms with E-state index >= 15 is 0 Å². The smallest absolute Gasteiger partial charge is 0.273 e. The Morgan fingerprint density at radius 1 is 0.920 bits per heavy atom. The zero-order valence-corrected chi connectivity index (χ0v) is 13.8. The first-order valence-corrected chi connectivity index (χ1v) is 7.94. The second-order valence-corrected chi connectivity index (χ2v) is 5.82. The van der Waals surface area contributed by atoms with E-state index in [1.807, 2.05) is 42.5 Å². The zero-order valence-electron chi connectivity index (χ0n) is 13.1. The topological polar surface area (TPSA) is 58.2 Å². The number of rotatable bonds is 3. The molecule has 2 amide bonds. The minimum atomic E-state index is -0.811. The van der Waals surface area contributed by atoms with Crippen LogP contribution in [0.4, 0.5) is 4.39 Å². The lowest BCUT2D eigenvalue weighted by Crippen LogP contribution is -2.42. The van der Waals surface area contributed by atoms with Crippen molar-refractivity contribution in [2.75, 3.05) is 0 Å². The van der Waals surface area contributed by atoms with Gasteiger partial charge in [-0.2, -0.15) is 0 Å². The molecule has 2 N–H and O–H groups in total. The number of hydrogen-bond donors (Lipinski definition) is 2. The predicted octanol–water partition coefficient (Wildman–Crippen LogP) is 3.64. The molecule has 0 unspecified atom stereocenters. The van der Waals surface area contributed by atoms with Gasteiger partial charge in [0.2, 0.25) is 5.91 Å². The highest BCUT2D eigenvalue weighted by Crippen LogP contribution is 2.19. The summed E-state index contributed by atoms with van der Waals surface area (Å²) < 4.78 is 13.7. The SMILES string of the molecule is O=C(Cc1cccc2ccccc12)NNC(=O)c1c(F)cccc1Cl. The largest absolute Gasteiger partial charge is 0.274 e. The molecule has 0 atom stereocenters. The maximum absolute atomic E-state index is 13.7. The average molecular weight is 357 g/mol. The van der Waals surface area contributed by atoms with Gasteiger partial charge in [-0.25, -0.2) is 4.39 Å². The molecule has 0 heterocycles. The third kappa shape index (κ3) is 3.78. The number of fused-ring (bicyclic) bond motifs is 1. The van der Waals surface area contributed by atoms with Gasteiger partial charge in [-0.15, -0.1) is 0 Å². The lowest BCUT2D eigenvalue weighted by atomic mass is 10.0. The summed E-state index contributed by atoms with van der Waals surface area (Å²) in [7, 11) is 0. The number of benzene rings is 3. The van der Waals surface area contributed by atoms with Crippen molar-refractivity contribution < 1.29 is 14.0 Å². The van der Waals surface area contributed by atoms with Crippen LogP contribution < -0.4 is 10.9 Å². The van der Waals surface area contributed by atoms with E-state index in [4.69, 9.17) is 11.6 Å². The molecule has 126 valence electrons. The molecule has 0 aliphatic carbocycles. The van der Waals surface area contributed by atoms with Crippen LogP contribution in [-0.4, -0.2) is 11.8 Å². The number of amides is 2. The monoisotopic (exact) mass is 356 g/mol. The van der Waals surface area contributed by atoms with Crippen molar-refractivity contribution in [3.63, 3.8) is 0 Å². The van der Waals surface area contributed by atoms with E-state index in [-0.39, 0.29) is 17.0 Å². The first-order chi connectivity index (χ1) is 12.1. The molecule has 0 radical (unpaired) electrons. The maximum Gasteiger partial charge on any atom is 0.274 e. The minimum absolute atomic E-state index is 0.0270. The van der Waals surface area contributed by atoms with Gasteiger partial charge < -0.3 is 0 Å². The third-order valence-corrected chi connectivity index (χ3v) is 4.05. The van der Waals surface area contributed by atoms with Gasteiger partial charge in [-0.1, -0.05) is 60.1 Å². The van der Waals surface area contributed by atoms with E-state index in [2.05, 4.69) is 10.9 Å². The molecular formula is C19H14ClFN2O2. The molecule has 0 bridgehead atoms. The molecule has 3 rings (SSSR count). The second-order valence-electron chi connectivity index (χ2n) is 5.41. The van der Waals surface area contributed by atoms with Crippen LogP contribution in [-0.2, 0) is 11.2 Å². The third-order valence-electron chi connectivity index (χ3n) is 3.74. The lowest BCUT2D eigenvalue weighted by molar-refractivity contribution is -0.121. The molecule has 0 spiro atoms. The Morgan fingerprint density at radius 2 is 1.64 bits per heavy atom. The van der Waals surface area contributed by atoms with Gasteiger partial charge in [-0.3, -0.25) is 20.4 Å². The van der Waals surface area contributed by atoms with Crippen LogP contribution in [0.2, 0.25) is 5.02 Å². The first kappa shape index (κ1) is 16.9. The molecular weight excluding hydrogens is 343 g/mol. The van der Waals surface area contributed by atoms with Gasteiger partial charge in [0.25, 0.3) is 5.91 Å². The van der Waals surface area contributed by atoms with Crippen molar-refractivity contribution in [2.24, 2.45) is 0 Å². The fraction of sp³-hybridized carbons (Fsp3) is 0.0526. The molecule has 0 aliphatic rings. The predicted molar refractivity (Wildman–Crippen MR) is 94.7 cm³/mol. The first-order valence-electron chi connectivity index (χ1n) is 7.56. The van der Waals surface area contributed by atoms with E-state index < -0.39 is 17.6 Å². The van der Waals surface area contributed by atoms with Crippen LogP contribution in [0, 0.1) is 5.82 Å². The molecule has 0 saturated carbocycles.